The first-order valence-corrected chi connectivity index (χ1v) is 20.6. The number of amides is 2. The molecule has 0 bridgehead atoms. The number of nitrogens with one attached hydrogen (secondary N) is 2. The average Bonchev–Trinajstić information content (AvgIpc) is 3.18. The van der Waals surface area contributed by atoms with Crippen molar-refractivity contribution in [1.29, 1.82) is 0 Å². The van der Waals surface area contributed by atoms with Gasteiger partial charge in [-0.25, -0.2) is 0 Å². The van der Waals surface area contributed by atoms with E-state index in [9.17, 15) is 9.59 Å². The van der Waals surface area contributed by atoms with E-state index in [4.69, 9.17) is 0 Å². The molecule has 4 aromatic carbocycles. The Kier molecular flexibility index (Phi) is 9.51. The number of aryl methyl sites for hydroxylation is 2. The van der Waals surface area contributed by atoms with E-state index in [0.717, 1.165) is 83.0 Å². The Bertz CT molecular complexity index is 1990. The van der Waals surface area contributed by atoms with E-state index in [1.54, 1.807) is 0 Å². The van der Waals surface area contributed by atoms with E-state index < -0.39 is 10.8 Å². The smallest absolute Gasteiger partial charge is 0.232 e. The predicted octanol–water partition coefficient (Wildman–Crippen LogP) is 10.3. The zero-order chi connectivity index (χ0) is 37.7. The molecule has 0 aliphatic heterocycles. The van der Waals surface area contributed by atoms with Crippen LogP contribution < -0.4 is 15.5 Å². The van der Waals surface area contributed by atoms with E-state index in [1.165, 1.54) is 39.1 Å². The van der Waals surface area contributed by atoms with Crippen molar-refractivity contribution >= 4 is 23.2 Å². The van der Waals surface area contributed by atoms with E-state index in [2.05, 4.69) is 140 Å². The van der Waals surface area contributed by atoms with Crippen LogP contribution in [-0.2, 0) is 46.4 Å². The summed E-state index contributed by atoms with van der Waals surface area (Å²) in [4.78, 5) is 31.9. The third kappa shape index (κ3) is 6.16. The second-order valence-electron chi connectivity index (χ2n) is 18.1. The Labute approximate surface area is 323 Å². The maximum atomic E-state index is 14.8. The molecule has 5 nitrogen and oxygen atoms in total. The van der Waals surface area contributed by atoms with Crippen LogP contribution in [0.3, 0.4) is 0 Å². The highest BCUT2D eigenvalue weighted by atomic mass is 16.2. The quantitative estimate of drug-likeness (QED) is 0.178. The molecular formula is C49H59N3O2. The number of fused-ring (bicyclic) bond motifs is 6. The average molecular weight is 722 g/mol. The monoisotopic (exact) mass is 721 g/mol. The molecule has 2 N–H and O–H groups in total. The van der Waals surface area contributed by atoms with E-state index >= 15 is 0 Å². The summed E-state index contributed by atoms with van der Waals surface area (Å²) < 4.78 is 0. The van der Waals surface area contributed by atoms with Crippen molar-refractivity contribution in [1.82, 2.24) is 5.32 Å². The molecule has 4 aliphatic rings. The highest BCUT2D eigenvalue weighted by Gasteiger charge is 2.58. The van der Waals surface area contributed by atoms with Gasteiger partial charge in [0.25, 0.3) is 0 Å². The van der Waals surface area contributed by atoms with Crippen molar-refractivity contribution in [2.75, 3.05) is 17.3 Å². The molecular weight excluding hydrogens is 663 g/mol. The van der Waals surface area contributed by atoms with Crippen molar-refractivity contribution in [2.24, 2.45) is 22.7 Å². The lowest BCUT2D eigenvalue weighted by Gasteiger charge is -2.56. The van der Waals surface area contributed by atoms with E-state index in [1.807, 2.05) is 7.05 Å². The molecule has 5 heteroatoms. The number of benzene rings is 4. The predicted molar refractivity (Wildman–Crippen MR) is 221 cm³/mol. The van der Waals surface area contributed by atoms with Crippen LogP contribution in [0.5, 0.6) is 0 Å². The fraction of sp³-hybridized carbons (Fsp3) is 0.469. The van der Waals surface area contributed by atoms with Crippen molar-refractivity contribution in [3.05, 3.63) is 130 Å². The minimum Gasteiger partial charge on any atom is -0.388 e. The van der Waals surface area contributed by atoms with Crippen LogP contribution in [-0.4, -0.2) is 18.9 Å². The Hall–Kier alpha value is -4.38. The Morgan fingerprint density at radius 2 is 1.11 bits per heavy atom. The van der Waals surface area contributed by atoms with Crippen LogP contribution in [0.4, 0.5) is 11.4 Å². The van der Waals surface area contributed by atoms with Crippen LogP contribution in [0.15, 0.2) is 97.1 Å². The van der Waals surface area contributed by atoms with Crippen molar-refractivity contribution in [3.8, 4) is 0 Å². The molecule has 4 aliphatic carbocycles. The lowest BCUT2D eigenvalue weighted by atomic mass is 9.49. The normalized spacial score (nSPS) is 29.8. The molecule has 0 unspecified atom stereocenters. The third-order valence-corrected chi connectivity index (χ3v) is 15.1. The summed E-state index contributed by atoms with van der Waals surface area (Å²) in [6, 6.07) is 35.3. The largest absolute Gasteiger partial charge is 0.388 e. The van der Waals surface area contributed by atoms with Gasteiger partial charge in [0, 0.05) is 31.5 Å². The first-order chi connectivity index (χ1) is 26.0. The summed E-state index contributed by atoms with van der Waals surface area (Å²) in [6.45, 7) is 10.8. The van der Waals surface area contributed by atoms with Gasteiger partial charge in [-0.3, -0.25) is 14.9 Å². The van der Waals surface area contributed by atoms with Crippen molar-refractivity contribution in [2.45, 2.75) is 116 Å². The molecule has 0 aromatic heterocycles. The maximum absolute atomic E-state index is 14.8. The number of carbonyl (C=O) groups is 2. The van der Waals surface area contributed by atoms with Crippen molar-refractivity contribution in [3.63, 3.8) is 0 Å². The van der Waals surface area contributed by atoms with Gasteiger partial charge in [0.15, 0.2) is 0 Å². The zero-order valence-corrected chi connectivity index (χ0v) is 33.1. The Morgan fingerprint density at radius 3 is 1.61 bits per heavy atom. The van der Waals surface area contributed by atoms with Gasteiger partial charge in [-0.15, -0.1) is 0 Å². The fourth-order valence-corrected chi connectivity index (χ4v) is 12.0. The van der Waals surface area contributed by atoms with Crippen molar-refractivity contribution < 1.29 is 9.59 Å². The molecule has 0 radical (unpaired) electrons. The number of nitrogens with zero attached hydrogens (tertiary/aromatic N) is 1. The highest BCUT2D eigenvalue weighted by molar-refractivity contribution is 6.01. The minimum absolute atomic E-state index is 0.0545. The Balaban J connectivity index is 1.06. The molecule has 4 aromatic rings. The van der Waals surface area contributed by atoms with Gasteiger partial charge >= 0.3 is 0 Å². The summed E-state index contributed by atoms with van der Waals surface area (Å²) in [5, 5.41) is 6.49. The van der Waals surface area contributed by atoms with E-state index in [-0.39, 0.29) is 34.5 Å². The molecule has 282 valence electrons. The first kappa shape index (κ1) is 36.6. The zero-order valence-electron chi connectivity index (χ0n) is 33.1. The molecule has 2 saturated carbocycles. The molecule has 2 fully saturated rings. The molecule has 0 saturated heterocycles. The summed E-state index contributed by atoms with van der Waals surface area (Å²) in [5.74, 6) is 0.225. The molecule has 2 amide bonds. The van der Waals surface area contributed by atoms with Gasteiger partial charge in [-0.2, -0.15) is 0 Å². The molecule has 54 heavy (non-hydrogen) atoms. The SMILES string of the molecule is CNc1ccc2c(c1)[C@@]1(C)CCC[C@](C)(C(=O)NC(=O)[C@@]3(C)CCC[C@]4(C)c5cc(N(Cc6ccccc6)Cc6ccccc6)ccc5CC[C@@H]34)[C@@H]1CC2. The number of hydrogen-bond acceptors (Lipinski definition) is 4. The van der Waals surface area contributed by atoms with E-state index in [0.29, 0.717) is 0 Å². The number of rotatable bonds is 8. The van der Waals surface area contributed by atoms with Crippen LogP contribution in [0.25, 0.3) is 0 Å². The maximum Gasteiger partial charge on any atom is 0.232 e. The molecule has 0 spiro atoms. The lowest BCUT2D eigenvalue weighted by Crippen LogP contribution is -2.60. The number of imide groups is 1. The van der Waals surface area contributed by atoms with Gasteiger partial charge in [0.05, 0.1) is 10.8 Å². The van der Waals surface area contributed by atoms with Gasteiger partial charge in [0.2, 0.25) is 11.8 Å². The molecule has 0 heterocycles. The summed E-state index contributed by atoms with van der Waals surface area (Å²) in [5.41, 5.74) is 9.03. The summed E-state index contributed by atoms with van der Waals surface area (Å²) >= 11 is 0. The second-order valence-corrected chi connectivity index (χ2v) is 18.1. The van der Waals surface area contributed by atoms with Gasteiger partial charge < -0.3 is 10.2 Å². The first-order valence-electron chi connectivity index (χ1n) is 20.6. The fourth-order valence-electron chi connectivity index (χ4n) is 12.0. The number of carbonyl (C=O) groups excluding carboxylic acids is 2. The third-order valence-electron chi connectivity index (χ3n) is 15.1. The molecule has 8 rings (SSSR count). The summed E-state index contributed by atoms with van der Waals surface area (Å²) in [6.07, 6.45) is 9.57. The van der Waals surface area contributed by atoms with Crippen LogP contribution in [0, 0.1) is 22.7 Å². The highest BCUT2D eigenvalue weighted by Crippen LogP contribution is 2.60. The van der Waals surface area contributed by atoms with Crippen LogP contribution in [0.1, 0.15) is 112 Å². The number of hydrogen-bond donors (Lipinski definition) is 2. The Morgan fingerprint density at radius 1 is 0.630 bits per heavy atom. The van der Waals surface area contributed by atoms with Gasteiger partial charge in [-0.1, -0.05) is 113 Å². The minimum atomic E-state index is -0.626. The second kappa shape index (κ2) is 14.0. The topological polar surface area (TPSA) is 61.4 Å². The van der Waals surface area contributed by atoms with Gasteiger partial charge in [-0.05, 0) is 132 Å². The van der Waals surface area contributed by atoms with Gasteiger partial charge in [0.1, 0.15) is 0 Å². The molecule has 6 atom stereocenters. The summed E-state index contributed by atoms with van der Waals surface area (Å²) in [7, 11) is 1.97. The standard InChI is InChI=1S/C49H59N3O2/c1-46-26-12-28-48(3,42(46)24-20-36-18-22-38(50-5)30-40(36)46)44(53)51-45(54)49(4)29-13-27-47(2)41-31-39(23-19-37(41)21-25-43(47)49)52(32-34-14-8-6-9-15-34)33-35-16-10-7-11-17-35/h6-11,14-19,22-23,30-31,42-43,50H,12-13,20-21,24-29,32-33H2,1-5H3,(H,51,53,54)/t42-,43-,46-,47-,48+,49+/m1/s1. The number of anilines is 2. The van der Waals surface area contributed by atoms with Crippen LogP contribution in [0.2, 0.25) is 0 Å². The lowest BCUT2D eigenvalue weighted by molar-refractivity contribution is -0.150. The van der Waals surface area contributed by atoms with Crippen LogP contribution >= 0.6 is 0 Å².